The van der Waals surface area contributed by atoms with Crippen LogP contribution in [0.5, 0.6) is 0 Å². The molecule has 0 aromatic heterocycles. The van der Waals surface area contributed by atoms with Crippen LogP contribution in [0, 0.1) is 39.5 Å². The summed E-state index contributed by atoms with van der Waals surface area (Å²) in [6, 6.07) is 29.7. The van der Waals surface area contributed by atoms with Gasteiger partial charge in [-0.05, 0) is 0 Å². The van der Waals surface area contributed by atoms with Gasteiger partial charge in [0.25, 0.3) is 0 Å². The molecule has 295 valence electrons. The zero-order valence-electron chi connectivity index (χ0n) is 35.1. The molecule has 0 spiro atoms. The van der Waals surface area contributed by atoms with Gasteiger partial charge in [-0.25, -0.2) is 0 Å². The number of allylic oxidation sites excluding steroid dienone is 2. The molecule has 2 saturated carbocycles. The minimum atomic E-state index is -5.06. The minimum absolute atomic E-state index is 0.145. The van der Waals surface area contributed by atoms with Gasteiger partial charge in [-0.1, -0.05) is 0 Å². The van der Waals surface area contributed by atoms with Crippen molar-refractivity contribution in [1.29, 1.82) is 0 Å². The number of rotatable bonds is 11. The van der Waals surface area contributed by atoms with Crippen molar-refractivity contribution in [2.75, 3.05) is 0 Å². The van der Waals surface area contributed by atoms with Gasteiger partial charge >= 0.3 is 351 Å². The summed E-state index contributed by atoms with van der Waals surface area (Å²) in [5.74, 6) is -0.276. The fourth-order valence-corrected chi connectivity index (χ4v) is 53.5. The quantitative estimate of drug-likeness (QED) is 0.132. The Hall–Kier alpha value is -1.96. The third kappa shape index (κ3) is 7.66. The second-order valence-electron chi connectivity index (χ2n) is 19.0. The summed E-state index contributed by atoms with van der Waals surface area (Å²) in [4.78, 5) is 0. The second-order valence-corrected chi connectivity index (χ2v) is 60.3. The van der Waals surface area contributed by atoms with Crippen LogP contribution in [0.25, 0.3) is 34.4 Å². The number of halogens is 2. The van der Waals surface area contributed by atoms with Gasteiger partial charge in [0.15, 0.2) is 0 Å². The number of fused-ring (bicyclic) bond motifs is 2. The van der Waals surface area contributed by atoms with Crippen LogP contribution in [-0.4, -0.2) is 5.92 Å². The molecule has 0 radical (unpaired) electrons. The average Bonchev–Trinajstić information content (AvgIpc) is 3.74. The molecule has 2 fully saturated rings. The molecule has 0 bridgehead atoms. The van der Waals surface area contributed by atoms with Crippen LogP contribution < -0.4 is 0 Å². The van der Waals surface area contributed by atoms with Crippen molar-refractivity contribution in [1.82, 2.24) is 0 Å². The third-order valence-corrected chi connectivity index (χ3v) is 65.1. The van der Waals surface area contributed by atoms with Gasteiger partial charge in [0, 0.05) is 0 Å². The molecule has 0 N–H and O–H groups in total. The van der Waals surface area contributed by atoms with Crippen LogP contribution in [0.15, 0.2) is 83.9 Å². The van der Waals surface area contributed by atoms with Gasteiger partial charge in [-0.3, -0.25) is 0 Å². The predicted octanol–water partition coefficient (Wildman–Crippen LogP) is 16.5. The van der Waals surface area contributed by atoms with E-state index in [1.54, 1.807) is 11.1 Å². The van der Waals surface area contributed by atoms with Crippen LogP contribution >= 0.6 is 17.0 Å². The summed E-state index contributed by atoms with van der Waals surface area (Å²) < 4.78 is 0.290. The molecule has 3 atom stereocenters. The van der Waals surface area contributed by atoms with Gasteiger partial charge < -0.3 is 0 Å². The monoisotopic (exact) mass is 877 g/mol. The Kier molecular flexibility index (Phi) is 12.1. The number of aryl methyl sites for hydroxylation is 4. The van der Waals surface area contributed by atoms with Gasteiger partial charge in [0.05, 0.1) is 0 Å². The van der Waals surface area contributed by atoms with E-state index < -0.39 is 21.5 Å². The molecule has 0 aliphatic heterocycles. The predicted molar refractivity (Wildman–Crippen MR) is 246 cm³/mol. The second kappa shape index (κ2) is 16.6. The van der Waals surface area contributed by atoms with E-state index in [0.717, 1.165) is 31.1 Å². The molecule has 8 rings (SSSR count). The Morgan fingerprint density at radius 2 is 0.964 bits per heavy atom. The molecule has 4 heteroatoms. The van der Waals surface area contributed by atoms with E-state index in [2.05, 4.69) is 126 Å². The standard InChI is InChI=1S/2C24H27.C4H11Si.2ClH.Zr/c2*1-17-11-18(2)13-22(12-17)23-10-6-9-21-15-20(16-24(21)23)14-19-7-4-3-5-8-19;1-3-4-5-2;;;/h2*6,9-13,15-16,19H,3-5,7-8,14H2,1-2H3;5H,3-4H2,1-2H3;2*1H;/q;;;;;+2/p-2. The Balaban J connectivity index is 1.37. The molecule has 4 aliphatic rings. The Labute approximate surface area is 348 Å². The first kappa shape index (κ1) is 40.8. The van der Waals surface area contributed by atoms with E-state index in [1.807, 2.05) is 0 Å². The van der Waals surface area contributed by atoms with Gasteiger partial charge in [0.1, 0.15) is 0 Å². The van der Waals surface area contributed by atoms with Crippen molar-refractivity contribution in [3.05, 3.63) is 128 Å². The maximum atomic E-state index is 9.27. The van der Waals surface area contributed by atoms with Gasteiger partial charge in [0.2, 0.25) is 0 Å². The normalized spacial score (nSPS) is 21.5. The molecule has 0 nitrogen and oxygen atoms in total. The van der Waals surface area contributed by atoms with E-state index in [4.69, 9.17) is 0 Å². The molecule has 4 aromatic carbocycles. The van der Waals surface area contributed by atoms with E-state index in [0.29, 0.717) is 0 Å². The molecule has 4 aliphatic carbocycles. The summed E-state index contributed by atoms with van der Waals surface area (Å²) >= 11 is -5.06. The molecule has 4 aromatic rings. The number of hydrogen-bond donors (Lipinski definition) is 0. The van der Waals surface area contributed by atoms with Crippen LogP contribution in [0.1, 0.15) is 142 Å². The Morgan fingerprint density at radius 1 is 0.571 bits per heavy atom. The van der Waals surface area contributed by atoms with Crippen molar-refractivity contribution in [2.45, 2.75) is 138 Å². The molecular weight excluding hydrogens is 815 g/mol. The summed E-state index contributed by atoms with van der Waals surface area (Å²) in [5.41, 5.74) is 19.6. The molecule has 3 unspecified atom stereocenters. The first-order chi connectivity index (χ1) is 26.9. The van der Waals surface area contributed by atoms with E-state index in [9.17, 15) is 17.0 Å². The summed E-state index contributed by atoms with van der Waals surface area (Å²) in [6.45, 7) is 14.0. The summed E-state index contributed by atoms with van der Waals surface area (Å²) in [7, 11) is 18.5. The fourth-order valence-electron chi connectivity index (χ4n) is 12.2. The van der Waals surface area contributed by atoms with Crippen molar-refractivity contribution in [3.63, 3.8) is 0 Å². The van der Waals surface area contributed by atoms with E-state index in [-0.39, 0.29) is 7.25 Å². The van der Waals surface area contributed by atoms with E-state index in [1.165, 1.54) is 137 Å². The number of benzene rings is 4. The maximum absolute atomic E-state index is 9.27. The van der Waals surface area contributed by atoms with E-state index >= 15 is 0 Å². The zero-order valence-corrected chi connectivity index (χ0v) is 40.2. The van der Waals surface area contributed by atoms with Crippen molar-refractivity contribution in [2.24, 2.45) is 11.8 Å². The van der Waals surface area contributed by atoms with Crippen molar-refractivity contribution >= 4 is 35.1 Å². The summed E-state index contributed by atoms with van der Waals surface area (Å²) in [6.07, 6.45) is 22.3. The topological polar surface area (TPSA) is 0 Å². The first-order valence-corrected chi connectivity index (χ1v) is 38.3. The first-order valence-electron chi connectivity index (χ1n) is 22.4. The third-order valence-electron chi connectivity index (χ3n) is 14.6. The summed E-state index contributed by atoms with van der Waals surface area (Å²) in [5, 5.41) is 0. The molecule has 0 saturated heterocycles. The SMILES string of the molecule is CCC[SiH](C)[Zr]([Cl])([Cl])([CH]1C(CC2CCCCC2)=Cc2c(-c3cc(C)cc(C)c3)cccc21)[CH]1C(CC2CCCCC2)=Cc2c(-c3cc(C)cc(C)c3)cccc21. The Bertz CT molecular complexity index is 1980. The molecule has 56 heavy (non-hydrogen) atoms. The van der Waals surface area contributed by atoms with Gasteiger partial charge in [-0.2, -0.15) is 0 Å². The Morgan fingerprint density at radius 3 is 1.34 bits per heavy atom. The van der Waals surface area contributed by atoms with Crippen LogP contribution in [0.3, 0.4) is 0 Å². The van der Waals surface area contributed by atoms with Crippen molar-refractivity contribution in [3.8, 4) is 22.3 Å². The van der Waals surface area contributed by atoms with Crippen LogP contribution in [-0.2, 0) is 15.6 Å². The fraction of sp³-hybridized carbons (Fsp3) is 0.462. The molecule has 0 amide bonds. The van der Waals surface area contributed by atoms with Crippen LogP contribution in [0.4, 0.5) is 0 Å². The molecular formula is C52H65Cl2SiZr. The zero-order chi connectivity index (χ0) is 39.2. The molecule has 0 heterocycles. The van der Waals surface area contributed by atoms with Crippen LogP contribution in [0.2, 0.25) is 12.6 Å². The van der Waals surface area contributed by atoms with Gasteiger partial charge in [-0.15, -0.1) is 0 Å². The number of hydrogen-bond acceptors (Lipinski definition) is 0. The van der Waals surface area contributed by atoms with Crippen molar-refractivity contribution < 1.29 is 15.6 Å². The average molecular weight is 880 g/mol.